The largest absolute Gasteiger partial charge is 0.465 e. The summed E-state index contributed by atoms with van der Waals surface area (Å²) < 4.78 is 10.5. The molecule has 2 N–H and O–H groups in total. The van der Waals surface area contributed by atoms with Crippen molar-refractivity contribution in [1.29, 1.82) is 0 Å². The topological polar surface area (TPSA) is 81.9 Å². The van der Waals surface area contributed by atoms with E-state index in [0.29, 0.717) is 19.6 Å². The molecule has 0 saturated carbocycles. The third kappa shape index (κ3) is 4.26. The number of ether oxygens (including phenoxy) is 2. The Morgan fingerprint density at radius 1 is 1.33 bits per heavy atom. The smallest absolute Gasteiger partial charge is 0.414 e. The SMILES string of the molecule is CCOC(=O)C(N)Cc1cccc2c1N(C(=O)OC(C)(C)C)CC2. The number of benzene rings is 1. The van der Waals surface area contributed by atoms with E-state index in [1.807, 2.05) is 39.0 Å². The van der Waals surface area contributed by atoms with Gasteiger partial charge in [0.15, 0.2) is 0 Å². The Bertz CT molecular complexity index is 622. The zero-order chi connectivity index (χ0) is 17.9. The standard InChI is InChI=1S/C18H26N2O4/c1-5-23-16(21)14(19)11-13-8-6-7-12-9-10-20(15(12)13)17(22)24-18(2,3)4/h6-8,14H,5,9-11,19H2,1-4H3. The van der Waals surface area contributed by atoms with Gasteiger partial charge in [0.2, 0.25) is 0 Å². The van der Waals surface area contributed by atoms with Crippen molar-refractivity contribution in [2.45, 2.75) is 52.2 Å². The Balaban J connectivity index is 2.23. The van der Waals surface area contributed by atoms with Crippen LogP contribution in [0, 0.1) is 0 Å². The van der Waals surface area contributed by atoms with Crippen LogP contribution in [0.15, 0.2) is 18.2 Å². The van der Waals surface area contributed by atoms with Crippen molar-refractivity contribution >= 4 is 17.7 Å². The van der Waals surface area contributed by atoms with E-state index in [9.17, 15) is 9.59 Å². The molecule has 0 bridgehead atoms. The lowest BCUT2D eigenvalue weighted by Gasteiger charge is -2.26. The van der Waals surface area contributed by atoms with Gasteiger partial charge in [0.05, 0.1) is 12.3 Å². The summed E-state index contributed by atoms with van der Waals surface area (Å²) in [5.41, 5.74) is 8.12. The summed E-state index contributed by atoms with van der Waals surface area (Å²) in [5.74, 6) is -0.433. The molecule has 1 unspecified atom stereocenters. The molecule has 0 spiro atoms. The molecule has 2 rings (SSSR count). The van der Waals surface area contributed by atoms with E-state index in [1.165, 1.54) is 0 Å². The van der Waals surface area contributed by atoms with E-state index in [2.05, 4.69) is 0 Å². The van der Waals surface area contributed by atoms with Crippen LogP contribution < -0.4 is 10.6 Å². The van der Waals surface area contributed by atoms with E-state index in [0.717, 1.165) is 23.2 Å². The van der Waals surface area contributed by atoms with Crippen molar-refractivity contribution in [2.24, 2.45) is 5.73 Å². The highest BCUT2D eigenvalue weighted by atomic mass is 16.6. The fourth-order valence-electron chi connectivity index (χ4n) is 2.77. The lowest BCUT2D eigenvalue weighted by molar-refractivity contribution is -0.144. The molecule has 0 radical (unpaired) electrons. The van der Waals surface area contributed by atoms with Crippen LogP contribution in [0.4, 0.5) is 10.5 Å². The second-order valence-corrected chi connectivity index (χ2v) is 6.87. The van der Waals surface area contributed by atoms with Gasteiger partial charge >= 0.3 is 12.1 Å². The number of para-hydroxylation sites is 1. The maximum Gasteiger partial charge on any atom is 0.414 e. The van der Waals surface area contributed by atoms with Crippen LogP contribution in [-0.2, 0) is 27.1 Å². The molecule has 0 saturated heterocycles. The highest BCUT2D eigenvalue weighted by Gasteiger charge is 2.31. The molecule has 1 amide bonds. The lowest BCUT2D eigenvalue weighted by atomic mass is 10.0. The van der Waals surface area contributed by atoms with E-state index in [-0.39, 0.29) is 6.09 Å². The second-order valence-electron chi connectivity index (χ2n) is 6.87. The number of fused-ring (bicyclic) bond motifs is 1. The number of hydrogen-bond donors (Lipinski definition) is 1. The Labute approximate surface area is 142 Å². The zero-order valence-corrected chi connectivity index (χ0v) is 14.8. The number of hydrogen-bond acceptors (Lipinski definition) is 5. The Hall–Kier alpha value is -2.08. The van der Waals surface area contributed by atoms with Gasteiger partial charge in [-0.25, -0.2) is 4.79 Å². The normalized spacial score (nSPS) is 15.0. The van der Waals surface area contributed by atoms with E-state index in [4.69, 9.17) is 15.2 Å². The maximum atomic E-state index is 12.5. The van der Waals surface area contributed by atoms with Gasteiger partial charge < -0.3 is 15.2 Å². The summed E-state index contributed by atoms with van der Waals surface area (Å²) in [6.45, 7) is 8.12. The van der Waals surface area contributed by atoms with Crippen molar-refractivity contribution in [3.05, 3.63) is 29.3 Å². The highest BCUT2D eigenvalue weighted by molar-refractivity contribution is 5.92. The van der Waals surface area contributed by atoms with Crippen molar-refractivity contribution < 1.29 is 19.1 Å². The van der Waals surface area contributed by atoms with Crippen LogP contribution in [0.2, 0.25) is 0 Å². The summed E-state index contributed by atoms with van der Waals surface area (Å²) in [6.07, 6.45) is 0.705. The number of esters is 1. The summed E-state index contributed by atoms with van der Waals surface area (Å²) >= 11 is 0. The van der Waals surface area contributed by atoms with Gasteiger partial charge in [-0.05, 0) is 45.2 Å². The number of nitrogens with two attached hydrogens (primary N) is 1. The van der Waals surface area contributed by atoms with Crippen LogP contribution in [0.25, 0.3) is 0 Å². The third-order valence-corrected chi connectivity index (χ3v) is 3.72. The maximum absolute atomic E-state index is 12.5. The van der Waals surface area contributed by atoms with E-state index in [1.54, 1.807) is 11.8 Å². The molecule has 1 atom stereocenters. The first-order chi connectivity index (χ1) is 11.2. The van der Waals surface area contributed by atoms with Gasteiger partial charge in [-0.2, -0.15) is 0 Å². The molecule has 6 nitrogen and oxygen atoms in total. The average Bonchev–Trinajstić information content (AvgIpc) is 2.90. The van der Waals surface area contributed by atoms with Gasteiger partial charge in [-0.3, -0.25) is 9.69 Å². The van der Waals surface area contributed by atoms with E-state index >= 15 is 0 Å². The van der Waals surface area contributed by atoms with Gasteiger partial charge in [0.25, 0.3) is 0 Å². The Morgan fingerprint density at radius 2 is 2.04 bits per heavy atom. The summed E-state index contributed by atoms with van der Waals surface area (Å²) in [4.78, 5) is 25.9. The number of carbonyl (C=O) groups is 2. The zero-order valence-electron chi connectivity index (χ0n) is 14.8. The van der Waals surface area contributed by atoms with Crippen LogP contribution in [0.5, 0.6) is 0 Å². The second kappa shape index (κ2) is 7.21. The molecule has 1 aromatic rings. The van der Waals surface area contributed by atoms with Gasteiger partial charge in [-0.15, -0.1) is 0 Å². The summed E-state index contributed by atoms with van der Waals surface area (Å²) in [6, 6.07) is 5.04. The average molecular weight is 334 g/mol. The van der Waals surface area contributed by atoms with Crippen LogP contribution in [0.3, 0.4) is 0 Å². The number of amides is 1. The van der Waals surface area contributed by atoms with Gasteiger partial charge in [0.1, 0.15) is 11.6 Å². The Kier molecular flexibility index (Phi) is 5.49. The minimum absolute atomic E-state index is 0.295. The van der Waals surface area contributed by atoms with Crippen LogP contribution >= 0.6 is 0 Å². The minimum Gasteiger partial charge on any atom is -0.465 e. The first kappa shape index (κ1) is 18.3. The molecule has 1 aliphatic rings. The van der Waals surface area contributed by atoms with Crippen molar-refractivity contribution in [1.82, 2.24) is 0 Å². The van der Waals surface area contributed by atoms with Crippen molar-refractivity contribution in [3.63, 3.8) is 0 Å². The summed E-state index contributed by atoms with van der Waals surface area (Å²) in [7, 11) is 0. The molecule has 0 aromatic heterocycles. The number of nitrogens with zero attached hydrogens (tertiary/aromatic N) is 1. The number of anilines is 1. The predicted molar refractivity (Wildman–Crippen MR) is 92.0 cm³/mol. The van der Waals surface area contributed by atoms with Crippen molar-refractivity contribution in [2.75, 3.05) is 18.1 Å². The highest BCUT2D eigenvalue weighted by Crippen LogP contribution is 2.33. The third-order valence-electron chi connectivity index (χ3n) is 3.72. The number of rotatable bonds is 4. The quantitative estimate of drug-likeness (QED) is 0.855. The lowest BCUT2D eigenvalue weighted by Crippen LogP contribution is -2.37. The Morgan fingerprint density at radius 3 is 2.67 bits per heavy atom. The van der Waals surface area contributed by atoms with Crippen LogP contribution in [-0.4, -0.2) is 36.9 Å². The molecule has 1 aliphatic heterocycles. The fraction of sp³-hybridized carbons (Fsp3) is 0.556. The molecule has 1 heterocycles. The molecule has 24 heavy (non-hydrogen) atoms. The van der Waals surface area contributed by atoms with Crippen molar-refractivity contribution in [3.8, 4) is 0 Å². The monoisotopic (exact) mass is 334 g/mol. The number of carbonyl (C=O) groups excluding carboxylic acids is 2. The van der Waals surface area contributed by atoms with Gasteiger partial charge in [-0.1, -0.05) is 18.2 Å². The van der Waals surface area contributed by atoms with Crippen LogP contribution in [0.1, 0.15) is 38.8 Å². The summed E-state index contributed by atoms with van der Waals surface area (Å²) in [5, 5.41) is 0. The molecular weight excluding hydrogens is 308 g/mol. The molecule has 0 fully saturated rings. The molecule has 0 aliphatic carbocycles. The molecule has 132 valence electrons. The molecular formula is C18H26N2O4. The predicted octanol–water partition coefficient (Wildman–Crippen LogP) is 2.42. The van der Waals surface area contributed by atoms with E-state index < -0.39 is 17.6 Å². The fourth-order valence-corrected chi connectivity index (χ4v) is 2.77. The van der Waals surface area contributed by atoms with Gasteiger partial charge in [0, 0.05) is 13.0 Å². The molecule has 6 heteroatoms. The first-order valence-electron chi connectivity index (χ1n) is 8.26. The first-order valence-corrected chi connectivity index (χ1v) is 8.26. The molecule has 1 aromatic carbocycles. The minimum atomic E-state index is -0.752.